The van der Waals surface area contributed by atoms with Crippen LogP contribution >= 0.6 is 7.82 Å². The predicted octanol–water partition coefficient (Wildman–Crippen LogP) is 3.37. The minimum atomic E-state index is -4.77. The van der Waals surface area contributed by atoms with Crippen LogP contribution in [0, 0.1) is 0 Å². The molecule has 0 aromatic rings. The maximum atomic E-state index is 11.7. The molecule has 0 heterocycles. The Labute approximate surface area is 155 Å². The number of carboxylic acid groups (broad SMARTS) is 1. The SMILES string of the molecule is CCCCCCCCCCCCCC(=O)NC(COP(=O)(O)O)C(=O)O. The quantitative estimate of drug-likeness (QED) is 0.219. The second-order valence-electron chi connectivity index (χ2n) is 6.53. The number of hydrogen-bond donors (Lipinski definition) is 4. The normalized spacial score (nSPS) is 12.7. The molecule has 0 bridgehead atoms. The minimum absolute atomic E-state index is 0.191. The summed E-state index contributed by atoms with van der Waals surface area (Å²) in [6, 6.07) is -1.47. The van der Waals surface area contributed by atoms with Crippen LogP contribution in [0.2, 0.25) is 0 Å². The van der Waals surface area contributed by atoms with Crippen LogP contribution in [-0.2, 0) is 18.7 Å². The molecular formula is C17H34NO7P. The van der Waals surface area contributed by atoms with Gasteiger partial charge < -0.3 is 20.2 Å². The lowest BCUT2D eigenvalue weighted by molar-refractivity contribution is -0.142. The lowest BCUT2D eigenvalue weighted by Gasteiger charge is -2.15. The van der Waals surface area contributed by atoms with E-state index in [1.807, 2.05) is 0 Å². The van der Waals surface area contributed by atoms with Gasteiger partial charge in [0.2, 0.25) is 5.91 Å². The van der Waals surface area contributed by atoms with Crippen LogP contribution in [0.5, 0.6) is 0 Å². The smallest absolute Gasteiger partial charge is 0.469 e. The lowest BCUT2D eigenvalue weighted by Crippen LogP contribution is -2.43. The fraction of sp³-hybridized carbons (Fsp3) is 0.882. The second-order valence-corrected chi connectivity index (χ2v) is 7.77. The minimum Gasteiger partial charge on any atom is -0.480 e. The maximum absolute atomic E-state index is 11.7. The first-order valence-corrected chi connectivity index (χ1v) is 11.0. The highest BCUT2D eigenvalue weighted by Gasteiger charge is 2.24. The third-order valence-electron chi connectivity index (χ3n) is 4.05. The average Bonchev–Trinajstić information content (AvgIpc) is 2.55. The first kappa shape index (κ1) is 25.1. The van der Waals surface area contributed by atoms with Gasteiger partial charge in [0, 0.05) is 6.42 Å². The van der Waals surface area contributed by atoms with Crippen LogP contribution in [-0.4, -0.2) is 39.4 Å². The van der Waals surface area contributed by atoms with Gasteiger partial charge in [-0.1, -0.05) is 71.1 Å². The Hall–Kier alpha value is -0.950. The van der Waals surface area contributed by atoms with Crippen molar-refractivity contribution in [1.29, 1.82) is 0 Å². The summed E-state index contributed by atoms with van der Waals surface area (Å²) in [5.74, 6) is -1.85. The zero-order chi connectivity index (χ0) is 19.8. The van der Waals surface area contributed by atoms with Crippen LogP contribution in [0.3, 0.4) is 0 Å². The van der Waals surface area contributed by atoms with Crippen LogP contribution < -0.4 is 5.32 Å². The molecule has 4 N–H and O–H groups in total. The summed E-state index contributed by atoms with van der Waals surface area (Å²) in [5.41, 5.74) is 0. The standard InChI is InChI=1S/C17H34NO7P/c1-2-3-4-5-6-7-8-9-10-11-12-13-16(19)18-15(17(20)21)14-25-26(22,23)24/h15H,2-14H2,1H3,(H,18,19)(H,20,21)(H2,22,23,24). The number of carbonyl (C=O) groups is 2. The summed E-state index contributed by atoms with van der Waals surface area (Å²) in [7, 11) is -4.77. The highest BCUT2D eigenvalue weighted by Crippen LogP contribution is 2.35. The molecule has 0 aliphatic rings. The molecule has 26 heavy (non-hydrogen) atoms. The molecule has 1 amide bonds. The molecule has 0 radical (unpaired) electrons. The van der Waals surface area contributed by atoms with Crippen molar-refractivity contribution in [3.63, 3.8) is 0 Å². The number of hydrogen-bond acceptors (Lipinski definition) is 4. The fourth-order valence-corrected chi connectivity index (χ4v) is 2.91. The van der Waals surface area contributed by atoms with Crippen LogP contribution in [0.1, 0.15) is 84.0 Å². The van der Waals surface area contributed by atoms with E-state index in [4.69, 9.17) is 14.9 Å². The summed E-state index contributed by atoms with van der Waals surface area (Å²) >= 11 is 0. The zero-order valence-corrected chi connectivity index (χ0v) is 16.6. The van der Waals surface area contributed by atoms with E-state index in [1.54, 1.807) is 0 Å². The van der Waals surface area contributed by atoms with E-state index in [2.05, 4.69) is 16.8 Å². The van der Waals surface area contributed by atoms with Gasteiger partial charge >= 0.3 is 13.8 Å². The van der Waals surface area contributed by atoms with E-state index < -0.39 is 32.3 Å². The molecule has 1 unspecified atom stereocenters. The van der Waals surface area contributed by atoms with Gasteiger partial charge in [0.05, 0.1) is 6.61 Å². The monoisotopic (exact) mass is 395 g/mol. The molecule has 0 aliphatic carbocycles. The molecule has 8 nitrogen and oxygen atoms in total. The Balaban J connectivity index is 3.68. The molecule has 1 atom stereocenters. The number of aliphatic carboxylic acids is 1. The van der Waals surface area contributed by atoms with Gasteiger partial charge in [-0.15, -0.1) is 0 Å². The molecule has 0 saturated carbocycles. The van der Waals surface area contributed by atoms with Crippen molar-refractivity contribution in [2.45, 2.75) is 90.0 Å². The van der Waals surface area contributed by atoms with Crippen LogP contribution in [0.15, 0.2) is 0 Å². The topological polar surface area (TPSA) is 133 Å². The van der Waals surface area contributed by atoms with E-state index in [-0.39, 0.29) is 6.42 Å². The average molecular weight is 395 g/mol. The molecule has 9 heteroatoms. The van der Waals surface area contributed by atoms with E-state index >= 15 is 0 Å². The molecule has 0 aromatic carbocycles. The largest absolute Gasteiger partial charge is 0.480 e. The van der Waals surface area contributed by atoms with Crippen LogP contribution in [0.4, 0.5) is 0 Å². The molecule has 0 spiro atoms. The Bertz CT molecular complexity index is 439. The first-order chi connectivity index (χ1) is 12.3. The van der Waals surface area contributed by atoms with E-state index in [1.165, 1.54) is 44.9 Å². The van der Waals surface area contributed by atoms with Gasteiger partial charge in [-0.2, -0.15) is 0 Å². The number of carbonyl (C=O) groups excluding carboxylic acids is 1. The third-order valence-corrected chi connectivity index (χ3v) is 4.54. The number of carboxylic acids is 1. The van der Waals surface area contributed by atoms with Crippen molar-refractivity contribution < 1.29 is 33.6 Å². The van der Waals surface area contributed by atoms with Crippen molar-refractivity contribution in [1.82, 2.24) is 5.32 Å². The second kappa shape index (κ2) is 15.1. The number of rotatable bonds is 17. The molecule has 154 valence electrons. The van der Waals surface area contributed by atoms with E-state index in [0.29, 0.717) is 6.42 Å². The zero-order valence-electron chi connectivity index (χ0n) is 15.7. The summed E-state index contributed by atoms with van der Waals surface area (Å²) in [5, 5.41) is 11.1. The Kier molecular flexibility index (Phi) is 14.6. The molecule has 0 saturated heterocycles. The highest BCUT2D eigenvalue weighted by molar-refractivity contribution is 7.46. The molecule has 0 rings (SSSR count). The van der Waals surface area contributed by atoms with Gasteiger partial charge in [0.25, 0.3) is 0 Å². The fourth-order valence-electron chi connectivity index (χ4n) is 2.56. The lowest BCUT2D eigenvalue weighted by atomic mass is 10.1. The third kappa shape index (κ3) is 16.5. The molecule has 0 aliphatic heterocycles. The van der Waals surface area contributed by atoms with Gasteiger partial charge in [-0.3, -0.25) is 9.32 Å². The maximum Gasteiger partial charge on any atom is 0.469 e. The van der Waals surface area contributed by atoms with Gasteiger partial charge in [-0.25, -0.2) is 9.36 Å². The summed E-state index contributed by atoms with van der Waals surface area (Å²) in [6.07, 6.45) is 12.9. The van der Waals surface area contributed by atoms with E-state index in [9.17, 15) is 14.2 Å². The number of phosphoric ester groups is 1. The van der Waals surface area contributed by atoms with Crippen LogP contribution in [0.25, 0.3) is 0 Å². The Morgan fingerprint density at radius 2 is 1.38 bits per heavy atom. The van der Waals surface area contributed by atoms with Gasteiger partial charge in [0.15, 0.2) is 6.04 Å². The van der Waals surface area contributed by atoms with Crippen molar-refractivity contribution >= 4 is 19.7 Å². The van der Waals surface area contributed by atoms with Crippen molar-refractivity contribution in [3.8, 4) is 0 Å². The first-order valence-electron chi connectivity index (χ1n) is 9.48. The number of unbranched alkanes of at least 4 members (excludes halogenated alkanes) is 10. The van der Waals surface area contributed by atoms with Gasteiger partial charge in [-0.05, 0) is 6.42 Å². The van der Waals surface area contributed by atoms with Crippen molar-refractivity contribution in [2.75, 3.05) is 6.61 Å². The van der Waals surface area contributed by atoms with E-state index in [0.717, 1.165) is 19.3 Å². The Morgan fingerprint density at radius 3 is 1.81 bits per heavy atom. The molecule has 0 aromatic heterocycles. The Morgan fingerprint density at radius 1 is 0.923 bits per heavy atom. The number of phosphoric acid groups is 1. The summed E-state index contributed by atoms with van der Waals surface area (Å²) in [4.78, 5) is 39.8. The molecule has 0 fully saturated rings. The van der Waals surface area contributed by atoms with Crippen molar-refractivity contribution in [2.24, 2.45) is 0 Å². The summed E-state index contributed by atoms with van der Waals surface area (Å²) < 4.78 is 14.7. The molecular weight excluding hydrogens is 361 g/mol. The van der Waals surface area contributed by atoms with Gasteiger partial charge in [0.1, 0.15) is 0 Å². The summed E-state index contributed by atoms with van der Waals surface area (Å²) in [6.45, 7) is 1.43. The number of amides is 1. The number of nitrogens with one attached hydrogen (secondary N) is 1. The van der Waals surface area contributed by atoms with Crippen molar-refractivity contribution in [3.05, 3.63) is 0 Å². The highest BCUT2D eigenvalue weighted by atomic mass is 31.2. The predicted molar refractivity (Wildman–Crippen MR) is 98.6 cm³/mol.